The van der Waals surface area contributed by atoms with Crippen molar-refractivity contribution in [3.05, 3.63) is 31.5 Å². The first-order valence-electron chi connectivity index (χ1n) is 5.24. The van der Waals surface area contributed by atoms with Crippen LogP contribution in [-0.2, 0) is 11.3 Å². The van der Waals surface area contributed by atoms with E-state index in [1.54, 1.807) is 10.8 Å². The number of rotatable bonds is 2. The van der Waals surface area contributed by atoms with E-state index in [1.807, 2.05) is 0 Å². The fourth-order valence-corrected chi connectivity index (χ4v) is 2.17. The third-order valence-corrected chi connectivity index (χ3v) is 3.33. The highest BCUT2D eigenvalue weighted by Crippen LogP contribution is 2.16. The van der Waals surface area contributed by atoms with Crippen LogP contribution in [0.25, 0.3) is 0 Å². The van der Waals surface area contributed by atoms with Gasteiger partial charge in [-0.15, -0.1) is 0 Å². The molecule has 6 heteroatoms. The quantitative estimate of drug-likeness (QED) is 0.872. The molecule has 1 fully saturated rings. The van der Waals surface area contributed by atoms with Crippen LogP contribution in [0.4, 0.5) is 0 Å². The third-order valence-electron chi connectivity index (χ3n) is 2.76. The molecular weight excluding hydrogens is 276 g/mol. The van der Waals surface area contributed by atoms with Crippen molar-refractivity contribution in [3.63, 3.8) is 0 Å². The van der Waals surface area contributed by atoms with Crippen LogP contribution in [0.5, 0.6) is 0 Å². The zero-order chi connectivity index (χ0) is 11.5. The van der Waals surface area contributed by atoms with E-state index in [-0.39, 0.29) is 11.2 Å². The lowest BCUT2D eigenvalue weighted by Crippen LogP contribution is -2.33. The Morgan fingerprint density at radius 2 is 2.12 bits per heavy atom. The number of nitrogens with one attached hydrogen (secondary N) is 1. The predicted octanol–water partition coefficient (Wildman–Crippen LogP) is 0.726. The highest BCUT2D eigenvalue weighted by Gasteiger charge is 2.15. The van der Waals surface area contributed by atoms with Crippen LogP contribution < -0.4 is 11.2 Å². The second-order valence-corrected chi connectivity index (χ2v) is 4.80. The molecule has 2 rings (SSSR count). The first-order valence-corrected chi connectivity index (χ1v) is 6.03. The molecule has 1 aromatic heterocycles. The van der Waals surface area contributed by atoms with Gasteiger partial charge in [0.2, 0.25) is 0 Å². The second-order valence-electron chi connectivity index (χ2n) is 3.94. The van der Waals surface area contributed by atoms with Gasteiger partial charge in [-0.1, -0.05) is 0 Å². The Balaban J connectivity index is 2.17. The SMILES string of the molecule is O=c1[nH]c(=O)n(CC2CCOCC2)cc1Br. The van der Waals surface area contributed by atoms with Crippen molar-refractivity contribution in [2.24, 2.45) is 5.92 Å². The number of H-pyrrole nitrogens is 1. The normalized spacial score (nSPS) is 17.6. The van der Waals surface area contributed by atoms with Gasteiger partial charge in [0.15, 0.2) is 0 Å². The van der Waals surface area contributed by atoms with Crippen molar-refractivity contribution in [3.8, 4) is 0 Å². The van der Waals surface area contributed by atoms with Gasteiger partial charge in [0.25, 0.3) is 5.56 Å². The van der Waals surface area contributed by atoms with Crippen molar-refractivity contribution in [1.29, 1.82) is 0 Å². The van der Waals surface area contributed by atoms with Crippen LogP contribution in [-0.4, -0.2) is 22.8 Å². The molecule has 0 spiro atoms. The highest BCUT2D eigenvalue weighted by atomic mass is 79.9. The molecule has 1 N–H and O–H groups in total. The molecule has 1 saturated heterocycles. The first-order chi connectivity index (χ1) is 7.66. The summed E-state index contributed by atoms with van der Waals surface area (Å²) in [7, 11) is 0. The van der Waals surface area contributed by atoms with Crippen molar-refractivity contribution < 1.29 is 4.74 Å². The minimum atomic E-state index is -0.381. The maximum atomic E-state index is 11.5. The van der Waals surface area contributed by atoms with Gasteiger partial charge < -0.3 is 4.74 Å². The van der Waals surface area contributed by atoms with E-state index < -0.39 is 0 Å². The zero-order valence-electron chi connectivity index (χ0n) is 8.74. The second kappa shape index (κ2) is 4.97. The molecule has 0 radical (unpaired) electrons. The molecule has 0 unspecified atom stereocenters. The largest absolute Gasteiger partial charge is 0.381 e. The Labute approximate surface area is 101 Å². The Kier molecular flexibility index (Phi) is 3.60. The fraction of sp³-hybridized carbons (Fsp3) is 0.600. The average molecular weight is 289 g/mol. The molecule has 0 saturated carbocycles. The molecule has 0 aliphatic carbocycles. The summed E-state index contributed by atoms with van der Waals surface area (Å²) in [6, 6.07) is 0. The minimum absolute atomic E-state index is 0.348. The summed E-state index contributed by atoms with van der Waals surface area (Å²) in [5, 5.41) is 0. The number of nitrogens with zero attached hydrogens (tertiary/aromatic N) is 1. The smallest absolute Gasteiger partial charge is 0.328 e. The summed E-state index contributed by atoms with van der Waals surface area (Å²) in [5.74, 6) is 0.448. The van der Waals surface area contributed by atoms with Gasteiger partial charge in [-0.25, -0.2) is 4.79 Å². The van der Waals surface area contributed by atoms with Gasteiger partial charge in [-0.05, 0) is 34.7 Å². The standard InChI is InChI=1S/C10H13BrN2O3/c11-8-6-13(10(15)12-9(8)14)5-7-1-3-16-4-2-7/h6-7H,1-5H2,(H,12,14,15). The van der Waals surface area contributed by atoms with Crippen molar-refractivity contribution in [2.45, 2.75) is 19.4 Å². The van der Waals surface area contributed by atoms with Crippen LogP contribution in [0.1, 0.15) is 12.8 Å². The molecular formula is C10H13BrN2O3. The Morgan fingerprint density at radius 1 is 1.44 bits per heavy atom. The molecule has 5 nitrogen and oxygen atoms in total. The molecule has 0 bridgehead atoms. The summed E-state index contributed by atoms with van der Waals surface area (Å²) >= 11 is 3.12. The lowest BCUT2D eigenvalue weighted by atomic mass is 10.0. The van der Waals surface area contributed by atoms with Crippen LogP contribution >= 0.6 is 15.9 Å². The molecule has 1 aromatic rings. The molecule has 2 heterocycles. The van der Waals surface area contributed by atoms with Gasteiger partial charge >= 0.3 is 5.69 Å². The van der Waals surface area contributed by atoms with E-state index in [1.165, 1.54) is 0 Å². The number of ether oxygens (including phenoxy) is 1. The molecule has 88 valence electrons. The Morgan fingerprint density at radius 3 is 2.81 bits per heavy atom. The third kappa shape index (κ3) is 2.62. The summed E-state index contributed by atoms with van der Waals surface area (Å²) in [5.41, 5.74) is -0.729. The highest BCUT2D eigenvalue weighted by molar-refractivity contribution is 9.10. The maximum absolute atomic E-state index is 11.5. The average Bonchev–Trinajstić information content (AvgIpc) is 2.27. The van der Waals surface area contributed by atoms with Crippen LogP contribution in [0.15, 0.2) is 20.3 Å². The van der Waals surface area contributed by atoms with Gasteiger partial charge in [0.05, 0.1) is 4.47 Å². The number of aromatic amines is 1. The lowest BCUT2D eigenvalue weighted by Gasteiger charge is -2.22. The zero-order valence-corrected chi connectivity index (χ0v) is 10.3. The van der Waals surface area contributed by atoms with Crippen molar-refractivity contribution >= 4 is 15.9 Å². The van der Waals surface area contributed by atoms with Crippen molar-refractivity contribution in [1.82, 2.24) is 9.55 Å². The lowest BCUT2D eigenvalue weighted by molar-refractivity contribution is 0.0608. The van der Waals surface area contributed by atoms with E-state index in [2.05, 4.69) is 20.9 Å². The van der Waals surface area contributed by atoms with Gasteiger partial charge in [-0.2, -0.15) is 0 Å². The monoisotopic (exact) mass is 288 g/mol. The number of halogens is 1. The van der Waals surface area contributed by atoms with Crippen LogP contribution in [0.2, 0.25) is 0 Å². The maximum Gasteiger partial charge on any atom is 0.328 e. The topological polar surface area (TPSA) is 64.1 Å². The summed E-state index contributed by atoms with van der Waals surface area (Å²) in [6.07, 6.45) is 3.48. The van der Waals surface area contributed by atoms with Crippen LogP contribution in [0.3, 0.4) is 0 Å². The molecule has 1 aliphatic rings. The molecule has 0 aromatic carbocycles. The molecule has 16 heavy (non-hydrogen) atoms. The minimum Gasteiger partial charge on any atom is -0.381 e. The van der Waals surface area contributed by atoms with Gasteiger partial charge in [0.1, 0.15) is 0 Å². The summed E-state index contributed by atoms with van der Waals surface area (Å²) in [4.78, 5) is 24.9. The molecule has 1 aliphatic heterocycles. The number of hydrogen-bond acceptors (Lipinski definition) is 3. The molecule has 0 amide bonds. The fourth-order valence-electron chi connectivity index (χ4n) is 1.83. The van der Waals surface area contributed by atoms with E-state index >= 15 is 0 Å². The Hall–Kier alpha value is -0.880. The summed E-state index contributed by atoms with van der Waals surface area (Å²) in [6.45, 7) is 2.14. The number of aromatic nitrogens is 2. The van der Waals surface area contributed by atoms with Crippen molar-refractivity contribution in [2.75, 3.05) is 13.2 Å². The Bertz CT molecular complexity index is 474. The number of hydrogen-bond donors (Lipinski definition) is 1. The van der Waals surface area contributed by atoms with E-state index in [4.69, 9.17) is 4.74 Å². The van der Waals surface area contributed by atoms with Gasteiger partial charge in [0, 0.05) is 26.0 Å². The summed E-state index contributed by atoms with van der Waals surface area (Å²) < 4.78 is 7.19. The van der Waals surface area contributed by atoms with Crippen LogP contribution in [0, 0.1) is 5.92 Å². The van der Waals surface area contributed by atoms with E-state index in [0.29, 0.717) is 16.9 Å². The molecule has 0 atom stereocenters. The predicted molar refractivity (Wildman–Crippen MR) is 62.6 cm³/mol. The van der Waals surface area contributed by atoms with E-state index in [0.717, 1.165) is 26.1 Å². The first kappa shape index (κ1) is 11.6. The van der Waals surface area contributed by atoms with E-state index in [9.17, 15) is 9.59 Å². The van der Waals surface area contributed by atoms with Gasteiger partial charge in [-0.3, -0.25) is 14.3 Å².